The fourth-order valence-corrected chi connectivity index (χ4v) is 5.54. The van der Waals surface area contributed by atoms with Crippen molar-refractivity contribution in [2.75, 3.05) is 12.8 Å². The fourth-order valence-electron chi connectivity index (χ4n) is 4.83. The first-order valence-electron chi connectivity index (χ1n) is 11.6. The molecule has 2 fully saturated rings. The molecule has 0 unspecified atom stereocenters. The zero-order valence-electron chi connectivity index (χ0n) is 19.2. The van der Waals surface area contributed by atoms with E-state index in [4.69, 9.17) is 11.1 Å². The van der Waals surface area contributed by atoms with E-state index >= 15 is 0 Å². The number of nitrogens with zero attached hydrogens (tertiary/aromatic N) is 1. The van der Waals surface area contributed by atoms with Gasteiger partial charge in [0, 0.05) is 18.7 Å². The van der Waals surface area contributed by atoms with Gasteiger partial charge >= 0.3 is 0 Å². The number of sulfonamides is 1. The summed E-state index contributed by atoms with van der Waals surface area (Å²) in [6, 6.07) is 5.60. The third-order valence-electron chi connectivity index (χ3n) is 6.52. The lowest BCUT2D eigenvalue weighted by Gasteiger charge is -2.31. The van der Waals surface area contributed by atoms with Crippen LogP contribution in [0.1, 0.15) is 62.5 Å². The largest absolute Gasteiger partial charge is 0.384 e. The minimum absolute atomic E-state index is 0.0174. The minimum atomic E-state index is -3.56. The molecule has 1 heterocycles. The van der Waals surface area contributed by atoms with Crippen molar-refractivity contribution in [3.05, 3.63) is 35.4 Å². The number of hydrogen-bond donors (Lipinski definition) is 4. The Kier molecular flexibility index (Phi) is 8.47. The summed E-state index contributed by atoms with van der Waals surface area (Å²) >= 11 is 0. The monoisotopic (exact) mass is 477 g/mol. The summed E-state index contributed by atoms with van der Waals surface area (Å²) in [6.07, 6.45) is 8.18. The summed E-state index contributed by atoms with van der Waals surface area (Å²) in [5.41, 5.74) is 6.94. The number of amidine groups is 1. The van der Waals surface area contributed by atoms with Crippen LogP contribution in [0, 0.1) is 11.3 Å². The Labute approximate surface area is 196 Å². The molecule has 2 amide bonds. The standard InChI is InChI=1S/C23H35N5O4S/c1-33(31,32)27-19(14-16-6-3-2-4-7-16)23(30)28-13-5-8-20(28)22(29)26-15-17-9-11-18(12-10-17)21(24)25/h9-12,16,19-20,27H,2-8,13-15H2,1H3,(H3,24,25)(H,26,29)/t19-,20+/m1/s1. The molecule has 0 radical (unpaired) electrons. The molecule has 0 aromatic heterocycles. The Morgan fingerprint density at radius 1 is 1.12 bits per heavy atom. The van der Waals surface area contributed by atoms with Gasteiger partial charge in [-0.25, -0.2) is 13.1 Å². The van der Waals surface area contributed by atoms with Crippen molar-refractivity contribution in [2.24, 2.45) is 11.7 Å². The maximum absolute atomic E-state index is 13.4. The Morgan fingerprint density at radius 3 is 2.39 bits per heavy atom. The van der Waals surface area contributed by atoms with Gasteiger partial charge in [0.05, 0.1) is 6.26 Å². The highest BCUT2D eigenvalue weighted by atomic mass is 32.2. The Morgan fingerprint density at radius 2 is 1.79 bits per heavy atom. The molecule has 2 aliphatic rings. The molecule has 5 N–H and O–H groups in total. The Hall–Kier alpha value is -2.46. The molecule has 1 saturated carbocycles. The molecular weight excluding hydrogens is 442 g/mol. The van der Waals surface area contributed by atoms with Crippen LogP contribution in [0.15, 0.2) is 24.3 Å². The van der Waals surface area contributed by atoms with E-state index in [2.05, 4.69) is 10.0 Å². The molecule has 33 heavy (non-hydrogen) atoms. The Balaban J connectivity index is 1.64. The highest BCUT2D eigenvalue weighted by Gasteiger charge is 2.38. The molecule has 1 aliphatic carbocycles. The van der Waals surface area contributed by atoms with Gasteiger partial charge in [-0.05, 0) is 30.7 Å². The lowest BCUT2D eigenvalue weighted by atomic mass is 9.84. The number of likely N-dealkylation sites (tertiary alicyclic amines) is 1. The predicted octanol–water partition coefficient (Wildman–Crippen LogP) is 1.47. The van der Waals surface area contributed by atoms with E-state index in [9.17, 15) is 18.0 Å². The van der Waals surface area contributed by atoms with Crippen LogP contribution in [0.25, 0.3) is 0 Å². The molecule has 10 heteroatoms. The highest BCUT2D eigenvalue weighted by molar-refractivity contribution is 7.88. The van der Waals surface area contributed by atoms with Gasteiger partial charge in [-0.2, -0.15) is 0 Å². The van der Waals surface area contributed by atoms with Crippen molar-refractivity contribution in [1.82, 2.24) is 14.9 Å². The van der Waals surface area contributed by atoms with Crippen molar-refractivity contribution in [2.45, 2.75) is 70.0 Å². The van der Waals surface area contributed by atoms with Gasteiger partial charge in [0.15, 0.2) is 0 Å². The summed E-state index contributed by atoms with van der Waals surface area (Å²) < 4.78 is 26.5. The maximum atomic E-state index is 13.4. The molecule has 1 aliphatic heterocycles. The van der Waals surface area contributed by atoms with Gasteiger partial charge in [0.2, 0.25) is 21.8 Å². The molecule has 2 atom stereocenters. The van der Waals surface area contributed by atoms with Crippen LogP contribution in [0.2, 0.25) is 0 Å². The SMILES string of the molecule is CS(=O)(=O)N[C@H](CC1CCCCC1)C(=O)N1CCC[C@H]1C(=O)NCc1ccc(C(=N)N)cc1. The Bertz CT molecular complexity index is 958. The molecular formula is C23H35N5O4S. The number of nitrogens with one attached hydrogen (secondary N) is 3. The van der Waals surface area contributed by atoms with Gasteiger partial charge < -0.3 is 16.0 Å². The summed E-state index contributed by atoms with van der Waals surface area (Å²) in [5.74, 6) is -0.257. The molecule has 0 spiro atoms. The number of rotatable bonds is 9. The van der Waals surface area contributed by atoms with Crippen molar-refractivity contribution in [3.63, 3.8) is 0 Å². The van der Waals surface area contributed by atoms with Crippen LogP contribution in [-0.2, 0) is 26.2 Å². The first kappa shape index (κ1) is 25.2. The topological polar surface area (TPSA) is 145 Å². The van der Waals surface area contributed by atoms with Crippen LogP contribution in [0.3, 0.4) is 0 Å². The van der Waals surface area contributed by atoms with Gasteiger partial charge in [0.1, 0.15) is 17.9 Å². The predicted molar refractivity (Wildman–Crippen MR) is 127 cm³/mol. The fraction of sp³-hybridized carbons (Fsp3) is 0.609. The van der Waals surface area contributed by atoms with Crippen molar-refractivity contribution < 1.29 is 18.0 Å². The first-order chi connectivity index (χ1) is 15.6. The van der Waals surface area contributed by atoms with Crippen LogP contribution in [0.5, 0.6) is 0 Å². The second-order valence-electron chi connectivity index (χ2n) is 9.20. The van der Waals surface area contributed by atoms with Gasteiger partial charge in [0.25, 0.3) is 0 Å². The summed E-state index contributed by atoms with van der Waals surface area (Å²) in [4.78, 5) is 27.8. The summed E-state index contributed by atoms with van der Waals surface area (Å²) in [5, 5.41) is 10.3. The van der Waals surface area contributed by atoms with Gasteiger partial charge in [-0.3, -0.25) is 15.0 Å². The second-order valence-corrected chi connectivity index (χ2v) is 11.0. The van der Waals surface area contributed by atoms with Gasteiger partial charge in [-0.15, -0.1) is 0 Å². The van der Waals surface area contributed by atoms with E-state index in [1.54, 1.807) is 29.2 Å². The van der Waals surface area contributed by atoms with Crippen molar-refractivity contribution >= 4 is 27.7 Å². The molecule has 1 aromatic carbocycles. The minimum Gasteiger partial charge on any atom is -0.384 e. The van der Waals surface area contributed by atoms with Gasteiger partial charge in [-0.1, -0.05) is 56.4 Å². The summed E-state index contributed by atoms with van der Waals surface area (Å²) in [6.45, 7) is 0.736. The zero-order valence-corrected chi connectivity index (χ0v) is 20.0. The van der Waals surface area contributed by atoms with E-state index in [1.807, 2.05) is 0 Å². The van der Waals surface area contributed by atoms with E-state index in [1.165, 1.54) is 6.42 Å². The first-order valence-corrected chi connectivity index (χ1v) is 13.5. The number of carbonyl (C=O) groups is 2. The molecule has 3 rings (SSSR count). The number of nitrogens with two attached hydrogens (primary N) is 1. The van der Waals surface area contributed by atoms with E-state index in [-0.39, 0.29) is 17.6 Å². The van der Waals surface area contributed by atoms with Crippen LogP contribution >= 0.6 is 0 Å². The van der Waals surface area contributed by atoms with Crippen molar-refractivity contribution in [1.29, 1.82) is 5.41 Å². The second kappa shape index (κ2) is 11.1. The highest BCUT2D eigenvalue weighted by Crippen LogP contribution is 2.29. The van der Waals surface area contributed by atoms with Crippen LogP contribution in [-0.4, -0.2) is 55.9 Å². The number of hydrogen-bond acceptors (Lipinski definition) is 5. The number of carbonyl (C=O) groups excluding carboxylic acids is 2. The number of benzene rings is 1. The van der Waals surface area contributed by atoms with E-state index < -0.39 is 22.1 Å². The molecule has 9 nitrogen and oxygen atoms in total. The molecule has 1 aromatic rings. The molecule has 182 valence electrons. The van der Waals surface area contributed by atoms with E-state index in [0.29, 0.717) is 43.8 Å². The lowest BCUT2D eigenvalue weighted by Crippen LogP contribution is -2.53. The molecule has 1 saturated heterocycles. The lowest BCUT2D eigenvalue weighted by molar-refractivity contribution is -0.140. The average molecular weight is 478 g/mol. The number of amides is 2. The third-order valence-corrected chi connectivity index (χ3v) is 7.23. The van der Waals surface area contributed by atoms with E-state index in [0.717, 1.165) is 37.5 Å². The van der Waals surface area contributed by atoms with Crippen LogP contribution in [0.4, 0.5) is 0 Å². The molecule has 0 bridgehead atoms. The average Bonchev–Trinajstić information content (AvgIpc) is 3.26. The maximum Gasteiger partial charge on any atom is 0.243 e. The smallest absolute Gasteiger partial charge is 0.243 e. The van der Waals surface area contributed by atoms with Crippen LogP contribution < -0.4 is 15.8 Å². The quantitative estimate of drug-likeness (QED) is 0.314. The summed E-state index contributed by atoms with van der Waals surface area (Å²) in [7, 11) is -3.56. The zero-order chi connectivity index (χ0) is 24.0. The normalized spacial score (nSPS) is 20.4. The van der Waals surface area contributed by atoms with Crippen molar-refractivity contribution in [3.8, 4) is 0 Å². The third kappa shape index (κ3) is 7.26. The number of nitrogen functional groups attached to an aromatic ring is 1.